The maximum atomic E-state index is 12.7. The predicted molar refractivity (Wildman–Crippen MR) is 105 cm³/mol. The van der Waals surface area contributed by atoms with Crippen LogP contribution < -0.4 is 10.6 Å². The molecule has 1 heterocycles. The first-order chi connectivity index (χ1) is 13.8. The summed E-state index contributed by atoms with van der Waals surface area (Å²) in [4.78, 5) is 49.7. The summed E-state index contributed by atoms with van der Waals surface area (Å²) >= 11 is 0. The van der Waals surface area contributed by atoms with Gasteiger partial charge in [0.15, 0.2) is 6.61 Å². The van der Waals surface area contributed by atoms with Crippen LogP contribution in [0.3, 0.4) is 0 Å². The zero-order valence-electron chi connectivity index (χ0n) is 16.1. The zero-order chi connectivity index (χ0) is 21.0. The Bertz CT molecular complexity index is 943. The van der Waals surface area contributed by atoms with Crippen molar-refractivity contribution in [3.8, 4) is 0 Å². The lowest BCUT2D eigenvalue weighted by atomic mass is 9.92. The average Bonchev–Trinajstić information content (AvgIpc) is 2.93. The van der Waals surface area contributed by atoms with Gasteiger partial charge in [-0.15, -0.1) is 0 Å². The Labute approximate surface area is 167 Å². The fraction of sp³-hybridized carbons (Fsp3) is 0.238. The fourth-order valence-electron chi connectivity index (χ4n) is 2.96. The van der Waals surface area contributed by atoms with Gasteiger partial charge in [0.1, 0.15) is 12.1 Å². The van der Waals surface area contributed by atoms with E-state index in [4.69, 9.17) is 4.74 Å². The van der Waals surface area contributed by atoms with Crippen LogP contribution in [0.5, 0.6) is 0 Å². The van der Waals surface area contributed by atoms with Crippen molar-refractivity contribution < 1.29 is 23.9 Å². The van der Waals surface area contributed by atoms with Crippen molar-refractivity contribution in [1.82, 2.24) is 10.2 Å². The first kappa shape index (κ1) is 20.1. The van der Waals surface area contributed by atoms with Crippen LogP contribution in [0.2, 0.25) is 0 Å². The summed E-state index contributed by atoms with van der Waals surface area (Å²) in [5, 5.41) is 5.20. The highest BCUT2D eigenvalue weighted by Crippen LogP contribution is 2.28. The lowest BCUT2D eigenvalue weighted by Gasteiger charge is -2.21. The Morgan fingerprint density at radius 1 is 1.07 bits per heavy atom. The quantitative estimate of drug-likeness (QED) is 0.575. The first-order valence-corrected chi connectivity index (χ1v) is 9.01. The molecule has 1 aliphatic heterocycles. The van der Waals surface area contributed by atoms with Crippen molar-refractivity contribution in [3.05, 3.63) is 65.7 Å². The monoisotopic (exact) mass is 395 g/mol. The molecule has 2 aromatic carbocycles. The number of nitrogens with zero attached hydrogens (tertiary/aromatic N) is 1. The first-order valence-electron chi connectivity index (χ1n) is 9.01. The Balaban J connectivity index is 1.55. The van der Waals surface area contributed by atoms with Gasteiger partial charge in [-0.2, -0.15) is 0 Å². The fourth-order valence-corrected chi connectivity index (χ4v) is 2.96. The van der Waals surface area contributed by atoms with E-state index in [-0.39, 0.29) is 0 Å². The predicted octanol–water partition coefficient (Wildman–Crippen LogP) is 1.94. The number of benzene rings is 2. The summed E-state index contributed by atoms with van der Waals surface area (Å²) in [6.07, 6.45) is 0. The standard InChI is InChI=1S/C21H21N3O5/c1-14-8-10-16(11-9-14)22-17(25)13-29-18(26)12-24-19(27)21(2,23-20(24)28)15-6-4-3-5-7-15/h3-11H,12-13H2,1-2H3,(H,22,25)(H,23,28)/t21-/m1/s1. The zero-order valence-corrected chi connectivity index (χ0v) is 16.1. The third kappa shape index (κ3) is 4.43. The molecule has 8 heteroatoms. The van der Waals surface area contributed by atoms with E-state index in [0.717, 1.165) is 10.5 Å². The van der Waals surface area contributed by atoms with E-state index in [9.17, 15) is 19.2 Å². The van der Waals surface area contributed by atoms with Crippen LogP contribution in [-0.2, 0) is 24.7 Å². The molecule has 1 saturated heterocycles. The summed E-state index contributed by atoms with van der Waals surface area (Å²) in [6, 6.07) is 15.2. The number of imide groups is 1. The number of nitrogens with one attached hydrogen (secondary N) is 2. The smallest absolute Gasteiger partial charge is 0.326 e. The maximum absolute atomic E-state index is 12.7. The van der Waals surface area contributed by atoms with Gasteiger partial charge in [-0.25, -0.2) is 4.79 Å². The molecule has 0 spiro atoms. The number of aryl methyl sites for hydroxylation is 1. The van der Waals surface area contributed by atoms with E-state index in [1.807, 2.05) is 19.1 Å². The Morgan fingerprint density at radius 2 is 1.72 bits per heavy atom. The minimum absolute atomic E-state index is 0.520. The molecule has 0 bridgehead atoms. The van der Waals surface area contributed by atoms with Gasteiger partial charge in [-0.3, -0.25) is 19.3 Å². The largest absolute Gasteiger partial charge is 0.454 e. The second kappa shape index (κ2) is 8.14. The van der Waals surface area contributed by atoms with E-state index in [0.29, 0.717) is 11.3 Å². The number of carbonyl (C=O) groups excluding carboxylic acids is 4. The normalized spacial score (nSPS) is 18.3. The molecule has 1 atom stereocenters. The van der Waals surface area contributed by atoms with Gasteiger partial charge in [0, 0.05) is 5.69 Å². The topological polar surface area (TPSA) is 105 Å². The third-order valence-electron chi connectivity index (χ3n) is 4.61. The summed E-state index contributed by atoms with van der Waals surface area (Å²) in [7, 11) is 0. The van der Waals surface area contributed by atoms with Crippen LogP contribution in [0.1, 0.15) is 18.1 Å². The van der Waals surface area contributed by atoms with Crippen molar-refractivity contribution >= 4 is 29.5 Å². The van der Waals surface area contributed by atoms with Crippen LogP contribution in [0.15, 0.2) is 54.6 Å². The van der Waals surface area contributed by atoms with Gasteiger partial charge in [-0.05, 0) is 31.5 Å². The van der Waals surface area contributed by atoms with E-state index in [1.54, 1.807) is 49.4 Å². The molecule has 29 heavy (non-hydrogen) atoms. The van der Waals surface area contributed by atoms with E-state index in [1.165, 1.54) is 0 Å². The maximum Gasteiger partial charge on any atom is 0.326 e. The summed E-state index contributed by atoms with van der Waals surface area (Å²) in [5.74, 6) is -1.94. The highest BCUT2D eigenvalue weighted by atomic mass is 16.5. The van der Waals surface area contributed by atoms with Crippen molar-refractivity contribution in [2.45, 2.75) is 19.4 Å². The van der Waals surface area contributed by atoms with Crippen molar-refractivity contribution in [2.24, 2.45) is 0 Å². The minimum atomic E-state index is -1.26. The van der Waals surface area contributed by atoms with Gasteiger partial charge >= 0.3 is 12.0 Å². The SMILES string of the molecule is Cc1ccc(NC(=O)COC(=O)CN2C(=O)N[C@](C)(c3ccccc3)C2=O)cc1. The minimum Gasteiger partial charge on any atom is -0.454 e. The molecular weight excluding hydrogens is 374 g/mol. The highest BCUT2D eigenvalue weighted by Gasteiger charge is 2.49. The van der Waals surface area contributed by atoms with E-state index in [2.05, 4.69) is 10.6 Å². The Kier molecular flexibility index (Phi) is 5.63. The number of hydrogen-bond acceptors (Lipinski definition) is 5. The number of urea groups is 1. The molecule has 8 nitrogen and oxygen atoms in total. The molecule has 2 aromatic rings. The number of rotatable bonds is 6. The van der Waals surface area contributed by atoms with Gasteiger partial charge in [0.25, 0.3) is 11.8 Å². The van der Waals surface area contributed by atoms with E-state index >= 15 is 0 Å². The van der Waals surface area contributed by atoms with Crippen molar-refractivity contribution in [2.75, 3.05) is 18.5 Å². The number of carbonyl (C=O) groups is 4. The summed E-state index contributed by atoms with van der Waals surface area (Å²) in [6.45, 7) is 2.39. The molecule has 0 aliphatic carbocycles. The molecule has 1 fully saturated rings. The molecule has 0 aromatic heterocycles. The number of esters is 1. The highest BCUT2D eigenvalue weighted by molar-refractivity contribution is 6.08. The number of hydrogen-bond donors (Lipinski definition) is 2. The molecule has 0 unspecified atom stereocenters. The summed E-state index contributed by atoms with van der Waals surface area (Å²) in [5.41, 5.74) is 0.961. The molecule has 3 rings (SSSR count). The molecular formula is C21H21N3O5. The third-order valence-corrected chi connectivity index (χ3v) is 4.61. The van der Waals surface area contributed by atoms with E-state index < -0.39 is 42.5 Å². The molecule has 4 amide bonds. The molecule has 0 radical (unpaired) electrons. The number of ether oxygens (including phenoxy) is 1. The van der Waals surface area contributed by atoms with Gasteiger partial charge in [-0.1, -0.05) is 48.0 Å². The molecule has 150 valence electrons. The lowest BCUT2D eigenvalue weighted by Crippen LogP contribution is -2.41. The van der Waals surface area contributed by atoms with Gasteiger partial charge in [0.05, 0.1) is 0 Å². The van der Waals surface area contributed by atoms with Crippen LogP contribution in [0.25, 0.3) is 0 Å². The Hall–Kier alpha value is -3.68. The number of amides is 4. The van der Waals surface area contributed by atoms with Crippen molar-refractivity contribution in [3.63, 3.8) is 0 Å². The van der Waals surface area contributed by atoms with Crippen LogP contribution >= 0.6 is 0 Å². The van der Waals surface area contributed by atoms with Crippen LogP contribution in [0.4, 0.5) is 10.5 Å². The summed E-state index contributed by atoms with van der Waals surface area (Å²) < 4.78 is 4.91. The van der Waals surface area contributed by atoms with Crippen molar-refractivity contribution in [1.29, 1.82) is 0 Å². The van der Waals surface area contributed by atoms with Gasteiger partial charge in [0.2, 0.25) is 0 Å². The second-order valence-corrected chi connectivity index (χ2v) is 6.89. The van der Waals surface area contributed by atoms with Crippen LogP contribution in [-0.4, -0.2) is 41.9 Å². The number of anilines is 1. The lowest BCUT2D eigenvalue weighted by molar-refractivity contribution is -0.150. The second-order valence-electron chi connectivity index (χ2n) is 6.89. The Morgan fingerprint density at radius 3 is 2.38 bits per heavy atom. The van der Waals surface area contributed by atoms with Crippen LogP contribution in [0, 0.1) is 6.92 Å². The molecule has 2 N–H and O–H groups in total. The average molecular weight is 395 g/mol. The molecule has 1 aliphatic rings. The van der Waals surface area contributed by atoms with Gasteiger partial charge < -0.3 is 15.4 Å². The molecule has 0 saturated carbocycles.